The summed E-state index contributed by atoms with van der Waals surface area (Å²) in [7, 11) is 0. The van der Waals surface area contributed by atoms with E-state index in [0.717, 1.165) is 4.57 Å². The number of aromatic nitrogens is 2. The summed E-state index contributed by atoms with van der Waals surface area (Å²) in [6, 6.07) is 1.40. The monoisotopic (exact) mass is 261 g/mol. The number of ether oxygens (including phenoxy) is 1. The summed E-state index contributed by atoms with van der Waals surface area (Å²) in [5.41, 5.74) is 4.69. The topological polar surface area (TPSA) is 111 Å². The van der Waals surface area contributed by atoms with Gasteiger partial charge in [0.15, 0.2) is 6.23 Å². The van der Waals surface area contributed by atoms with Crippen LogP contribution in [-0.4, -0.2) is 44.0 Å². The summed E-state index contributed by atoms with van der Waals surface area (Å²) in [5, 5.41) is 19.4. The van der Waals surface area contributed by atoms with Crippen molar-refractivity contribution >= 4 is 17.4 Å². The number of alkyl halides is 1. The lowest BCUT2D eigenvalue weighted by molar-refractivity contribution is -0.0342. The quantitative estimate of drug-likeness (QED) is 0.570. The fraction of sp³-hybridized carbons (Fsp3) is 0.556. The molecular formula is C9H12ClN3O4. The van der Waals surface area contributed by atoms with Crippen molar-refractivity contribution in [2.45, 2.75) is 24.5 Å². The molecule has 94 valence electrons. The van der Waals surface area contributed by atoms with Gasteiger partial charge in [-0.25, -0.2) is 4.79 Å². The first-order valence-corrected chi connectivity index (χ1v) is 5.50. The van der Waals surface area contributed by atoms with Gasteiger partial charge in [0.25, 0.3) is 0 Å². The van der Waals surface area contributed by atoms with Gasteiger partial charge in [0.2, 0.25) is 0 Å². The highest BCUT2D eigenvalue weighted by atomic mass is 35.5. The Kier molecular flexibility index (Phi) is 3.34. The van der Waals surface area contributed by atoms with E-state index in [0.29, 0.717) is 0 Å². The molecule has 1 aliphatic rings. The van der Waals surface area contributed by atoms with Gasteiger partial charge >= 0.3 is 5.69 Å². The summed E-state index contributed by atoms with van der Waals surface area (Å²) in [6.07, 6.45) is -2.75. The molecule has 1 aliphatic heterocycles. The number of nitrogen functional groups attached to an aromatic ring is 1. The molecule has 1 aromatic heterocycles. The minimum atomic E-state index is -1.23. The number of nitrogens with two attached hydrogens (primary N) is 1. The zero-order valence-corrected chi connectivity index (χ0v) is 9.49. The second kappa shape index (κ2) is 4.61. The van der Waals surface area contributed by atoms with E-state index in [4.69, 9.17) is 22.1 Å². The molecule has 0 amide bonds. The Morgan fingerprint density at radius 3 is 2.76 bits per heavy atom. The molecule has 0 saturated carbocycles. The molecule has 0 aromatic carbocycles. The fourth-order valence-electron chi connectivity index (χ4n) is 1.71. The van der Waals surface area contributed by atoms with E-state index in [-0.39, 0.29) is 11.7 Å². The van der Waals surface area contributed by atoms with Crippen LogP contribution in [0.4, 0.5) is 5.82 Å². The van der Waals surface area contributed by atoms with Crippen LogP contribution in [0.25, 0.3) is 0 Å². The standard InChI is InChI=1S/C9H12ClN3O4/c10-3-4-6(14)7(15)8(17-4)13-2-1-5(11)12-9(13)16/h1-2,4,6-8,14-15H,3H2,(H2,11,12,16)/t4-,6?,7?,8-/m1/s1. The Hall–Kier alpha value is -1.15. The third-order valence-electron chi connectivity index (χ3n) is 2.61. The molecule has 8 heteroatoms. The Bertz CT molecular complexity index is 466. The Morgan fingerprint density at radius 2 is 2.24 bits per heavy atom. The summed E-state index contributed by atoms with van der Waals surface area (Å²) < 4.78 is 6.36. The van der Waals surface area contributed by atoms with Gasteiger partial charge in [0.05, 0.1) is 5.88 Å². The van der Waals surface area contributed by atoms with Crippen molar-refractivity contribution in [3.63, 3.8) is 0 Å². The number of aliphatic hydroxyl groups is 2. The van der Waals surface area contributed by atoms with Gasteiger partial charge in [-0.15, -0.1) is 11.6 Å². The van der Waals surface area contributed by atoms with Gasteiger partial charge in [0, 0.05) is 6.20 Å². The molecule has 0 radical (unpaired) electrons. The van der Waals surface area contributed by atoms with E-state index >= 15 is 0 Å². The van der Waals surface area contributed by atoms with E-state index in [9.17, 15) is 15.0 Å². The summed E-state index contributed by atoms with van der Waals surface area (Å²) in [6.45, 7) is 0. The zero-order valence-electron chi connectivity index (χ0n) is 8.73. The van der Waals surface area contributed by atoms with Crippen LogP contribution in [0.15, 0.2) is 17.1 Å². The molecule has 2 unspecified atom stereocenters. The second-order valence-electron chi connectivity index (χ2n) is 3.74. The number of rotatable bonds is 2. The first-order valence-electron chi connectivity index (χ1n) is 4.97. The first kappa shape index (κ1) is 12.3. The summed E-state index contributed by atoms with van der Waals surface area (Å²) >= 11 is 5.57. The van der Waals surface area contributed by atoms with Crippen LogP contribution in [-0.2, 0) is 4.74 Å². The molecule has 1 saturated heterocycles. The predicted molar refractivity (Wildman–Crippen MR) is 59.6 cm³/mol. The van der Waals surface area contributed by atoms with Crippen molar-refractivity contribution in [1.29, 1.82) is 0 Å². The van der Waals surface area contributed by atoms with Gasteiger partial charge in [-0.1, -0.05) is 0 Å². The number of anilines is 1. The number of aliphatic hydroxyl groups excluding tert-OH is 2. The molecule has 7 nitrogen and oxygen atoms in total. The van der Waals surface area contributed by atoms with Gasteiger partial charge < -0.3 is 20.7 Å². The predicted octanol–water partition coefficient (Wildman–Crippen LogP) is -1.32. The van der Waals surface area contributed by atoms with Gasteiger partial charge in [-0.2, -0.15) is 4.98 Å². The van der Waals surface area contributed by atoms with E-state index in [1.54, 1.807) is 0 Å². The van der Waals surface area contributed by atoms with E-state index in [2.05, 4.69) is 4.98 Å². The van der Waals surface area contributed by atoms with E-state index in [1.165, 1.54) is 12.3 Å². The van der Waals surface area contributed by atoms with Crippen LogP contribution >= 0.6 is 11.6 Å². The number of halogens is 1. The van der Waals surface area contributed by atoms with Gasteiger partial charge in [0.1, 0.15) is 24.1 Å². The lowest BCUT2D eigenvalue weighted by Crippen LogP contribution is -2.35. The molecule has 0 aliphatic carbocycles. The summed E-state index contributed by atoms with van der Waals surface area (Å²) in [4.78, 5) is 15.0. The minimum Gasteiger partial charge on any atom is -0.387 e. The van der Waals surface area contributed by atoms with Crippen LogP contribution in [0.3, 0.4) is 0 Å². The molecule has 0 bridgehead atoms. The zero-order chi connectivity index (χ0) is 12.6. The minimum absolute atomic E-state index is 0.0197. The highest BCUT2D eigenvalue weighted by molar-refractivity contribution is 6.18. The molecule has 2 rings (SSSR count). The molecule has 1 fully saturated rings. The second-order valence-corrected chi connectivity index (χ2v) is 4.05. The summed E-state index contributed by atoms with van der Waals surface area (Å²) in [5.74, 6) is 0.0967. The first-order chi connectivity index (χ1) is 8.04. The van der Waals surface area contributed by atoms with Crippen LogP contribution in [0.1, 0.15) is 6.23 Å². The largest absolute Gasteiger partial charge is 0.387 e. The Labute approximate surface area is 101 Å². The number of hydrogen-bond acceptors (Lipinski definition) is 6. The normalized spacial score (nSPS) is 32.9. The lowest BCUT2D eigenvalue weighted by atomic mass is 10.1. The van der Waals surface area contributed by atoms with Gasteiger partial charge in [-0.05, 0) is 6.07 Å². The average Bonchev–Trinajstić information content (AvgIpc) is 2.57. The lowest BCUT2D eigenvalue weighted by Gasteiger charge is -2.16. The molecule has 4 atom stereocenters. The highest BCUT2D eigenvalue weighted by Crippen LogP contribution is 2.28. The van der Waals surface area contributed by atoms with Gasteiger partial charge in [-0.3, -0.25) is 4.57 Å². The SMILES string of the molecule is Nc1ccn([C@@H]2O[C@H](CCl)C(O)C2O)c(=O)n1. The van der Waals surface area contributed by atoms with Crippen molar-refractivity contribution in [2.75, 3.05) is 11.6 Å². The Balaban J connectivity index is 2.32. The maximum atomic E-state index is 11.5. The van der Waals surface area contributed by atoms with Crippen molar-refractivity contribution in [3.05, 3.63) is 22.7 Å². The molecule has 17 heavy (non-hydrogen) atoms. The molecule has 1 aromatic rings. The van der Waals surface area contributed by atoms with E-state index in [1.807, 2.05) is 0 Å². The van der Waals surface area contributed by atoms with Crippen molar-refractivity contribution < 1.29 is 14.9 Å². The average molecular weight is 262 g/mol. The molecular weight excluding hydrogens is 250 g/mol. The number of hydrogen-bond donors (Lipinski definition) is 3. The van der Waals surface area contributed by atoms with Crippen molar-refractivity contribution in [3.8, 4) is 0 Å². The molecule has 4 N–H and O–H groups in total. The highest BCUT2D eigenvalue weighted by Gasteiger charge is 2.43. The van der Waals surface area contributed by atoms with E-state index < -0.39 is 30.2 Å². The van der Waals surface area contributed by atoms with Crippen LogP contribution in [0, 0.1) is 0 Å². The van der Waals surface area contributed by atoms with Crippen LogP contribution in [0.5, 0.6) is 0 Å². The number of nitrogens with zero attached hydrogens (tertiary/aromatic N) is 2. The van der Waals surface area contributed by atoms with Crippen LogP contribution < -0.4 is 11.4 Å². The molecule has 2 heterocycles. The Morgan fingerprint density at radius 1 is 1.53 bits per heavy atom. The third-order valence-corrected chi connectivity index (χ3v) is 2.92. The maximum Gasteiger partial charge on any atom is 0.351 e. The van der Waals surface area contributed by atoms with Crippen LogP contribution in [0.2, 0.25) is 0 Å². The van der Waals surface area contributed by atoms with Crippen molar-refractivity contribution in [1.82, 2.24) is 9.55 Å². The molecule has 0 spiro atoms. The maximum absolute atomic E-state index is 11.5. The third kappa shape index (κ3) is 2.14. The van der Waals surface area contributed by atoms with Crippen molar-refractivity contribution in [2.24, 2.45) is 0 Å². The smallest absolute Gasteiger partial charge is 0.351 e. The fourth-order valence-corrected chi connectivity index (χ4v) is 1.96.